The Balaban J connectivity index is 2.53. The average Bonchev–Trinajstić information content (AvgIpc) is 3.00. The molecule has 2 rings (SSSR count). The third-order valence-electron chi connectivity index (χ3n) is 6.55. The molecule has 5 nitrogen and oxygen atoms in total. The Kier molecular flexibility index (Phi) is 11.8. The first-order valence-electron chi connectivity index (χ1n) is 13.1. The zero-order valence-corrected chi connectivity index (χ0v) is 23.8. The molecule has 0 aromatic carbocycles. The van der Waals surface area contributed by atoms with Crippen LogP contribution in [-0.2, 0) is 10.6 Å². The number of allylic oxidation sites excluding steroid dienone is 2. The lowest BCUT2D eigenvalue weighted by Gasteiger charge is -2.43. The summed E-state index contributed by atoms with van der Waals surface area (Å²) in [5, 5.41) is 3.29. The lowest BCUT2D eigenvalue weighted by Crippen LogP contribution is -2.73. The smallest absolute Gasteiger partial charge is 0.460 e. The molecule has 0 spiro atoms. The summed E-state index contributed by atoms with van der Waals surface area (Å²) in [6.45, 7) is 1.79. The second-order valence-corrected chi connectivity index (χ2v) is 10.0. The van der Waals surface area contributed by atoms with Gasteiger partial charge >= 0.3 is 47.7 Å². The van der Waals surface area contributed by atoms with Crippen LogP contribution in [0.1, 0.15) is 51.1 Å². The summed E-state index contributed by atoms with van der Waals surface area (Å²) in [4.78, 5) is 2.51. The summed E-state index contributed by atoms with van der Waals surface area (Å²) in [6, 6.07) is 0.448. The molecule has 0 aliphatic carbocycles. The van der Waals surface area contributed by atoms with Gasteiger partial charge in [0.25, 0.3) is 5.95 Å². The number of halogens is 20. The maximum atomic E-state index is 15.8. The highest BCUT2D eigenvalue weighted by atomic mass is 19.4. The van der Waals surface area contributed by atoms with E-state index in [4.69, 9.17) is 4.74 Å². The van der Waals surface area contributed by atoms with Gasteiger partial charge in [0.2, 0.25) is 23.4 Å². The molecule has 1 aromatic rings. The monoisotopic (exact) mass is 761 g/mol. The van der Waals surface area contributed by atoms with Crippen LogP contribution >= 0.6 is 0 Å². The molecule has 0 radical (unpaired) electrons. The van der Waals surface area contributed by atoms with Crippen LogP contribution in [0.5, 0.6) is 5.88 Å². The molecule has 0 saturated heterocycles. The van der Waals surface area contributed by atoms with Gasteiger partial charge in [-0.3, -0.25) is 0 Å². The molecule has 0 fully saturated rings. The van der Waals surface area contributed by atoms with Gasteiger partial charge in [0, 0.05) is 6.07 Å². The van der Waals surface area contributed by atoms with E-state index in [1.54, 1.807) is 0 Å². The molecule has 0 bridgehead atoms. The second kappa shape index (κ2) is 13.8. The van der Waals surface area contributed by atoms with E-state index in [9.17, 15) is 83.4 Å². The van der Waals surface area contributed by atoms with Crippen molar-refractivity contribution in [2.45, 2.75) is 93.1 Å². The van der Waals surface area contributed by atoms with Crippen LogP contribution in [0.25, 0.3) is 0 Å². The molecule has 49 heavy (non-hydrogen) atoms. The number of hydrogen-bond donors (Lipinski definition) is 0. The standard InChI is InChI=1S/C24H19F20N3O2/c1-2-3-4-5-6-7-10-48-12-9-8-11(45-46-12)17(29)15(27)13(25)14(26)16(28)47(17)49-24(43,44)22(38,39)20(34,35)18(30,31)19(32,33)21(36,37)23(40,41)42/h8-9H,2-7,10H2,1H3. The minimum absolute atomic E-state index is 0.0160. The van der Waals surface area contributed by atoms with Gasteiger partial charge in [-0.25, -0.2) is 13.2 Å². The number of ether oxygens (including phenoxy) is 1. The molecular formula is C24H19F20N3O2. The van der Waals surface area contributed by atoms with Gasteiger partial charge in [-0.1, -0.05) is 39.0 Å². The van der Waals surface area contributed by atoms with Crippen LogP contribution in [0.15, 0.2) is 35.6 Å². The fourth-order valence-electron chi connectivity index (χ4n) is 3.72. The first kappa shape index (κ1) is 41.9. The van der Waals surface area contributed by atoms with E-state index in [1.165, 1.54) is 0 Å². The molecule has 0 amide bonds. The quantitative estimate of drug-likeness (QED) is 0.0954. The Hall–Kier alpha value is -3.28. The molecule has 1 aliphatic heterocycles. The van der Waals surface area contributed by atoms with Crippen LogP contribution < -0.4 is 4.74 Å². The highest BCUT2D eigenvalue weighted by Crippen LogP contribution is 2.63. The average molecular weight is 761 g/mol. The van der Waals surface area contributed by atoms with Gasteiger partial charge in [-0.15, -0.1) is 10.2 Å². The van der Waals surface area contributed by atoms with Crippen molar-refractivity contribution < 1.29 is 97.4 Å². The van der Waals surface area contributed by atoms with Gasteiger partial charge < -0.3 is 4.74 Å². The lowest BCUT2D eigenvalue weighted by atomic mass is 9.93. The van der Waals surface area contributed by atoms with Crippen molar-refractivity contribution in [1.82, 2.24) is 15.3 Å². The van der Waals surface area contributed by atoms with E-state index < -0.39 is 87.8 Å². The third kappa shape index (κ3) is 6.90. The number of hydroxylamine groups is 2. The van der Waals surface area contributed by atoms with E-state index in [0.29, 0.717) is 18.9 Å². The minimum Gasteiger partial charge on any atom is -0.477 e. The normalized spacial score (nSPS) is 19.2. The summed E-state index contributed by atoms with van der Waals surface area (Å²) in [5.41, 5.74) is -2.10. The third-order valence-corrected chi connectivity index (χ3v) is 6.55. The maximum Gasteiger partial charge on any atom is 0.460 e. The number of unbranched alkanes of at least 4 members (excludes halogenated alkanes) is 5. The number of alkyl halides is 16. The van der Waals surface area contributed by atoms with Gasteiger partial charge in [0.05, 0.1) is 6.61 Å². The Morgan fingerprint density at radius 1 is 0.633 bits per heavy atom. The van der Waals surface area contributed by atoms with Crippen molar-refractivity contribution >= 4 is 0 Å². The van der Waals surface area contributed by atoms with E-state index >= 15 is 4.39 Å². The summed E-state index contributed by atoms with van der Waals surface area (Å²) in [6.07, 6.45) is -11.4. The zero-order valence-electron chi connectivity index (χ0n) is 23.8. The first-order valence-corrected chi connectivity index (χ1v) is 13.1. The van der Waals surface area contributed by atoms with Crippen molar-refractivity contribution in [3.8, 4) is 5.88 Å². The molecule has 0 N–H and O–H groups in total. The topological polar surface area (TPSA) is 47.5 Å². The number of rotatable bonds is 16. The molecule has 1 aliphatic rings. The van der Waals surface area contributed by atoms with Crippen molar-refractivity contribution in [3.05, 3.63) is 41.3 Å². The van der Waals surface area contributed by atoms with Crippen LogP contribution in [0.4, 0.5) is 87.8 Å². The van der Waals surface area contributed by atoms with Crippen molar-refractivity contribution in [2.75, 3.05) is 6.61 Å². The van der Waals surface area contributed by atoms with Crippen LogP contribution in [0.3, 0.4) is 0 Å². The van der Waals surface area contributed by atoms with E-state index in [-0.39, 0.29) is 12.7 Å². The summed E-state index contributed by atoms with van der Waals surface area (Å²) in [5.74, 6) is -63.3. The molecule has 0 saturated carbocycles. The van der Waals surface area contributed by atoms with E-state index in [1.807, 2.05) is 6.92 Å². The minimum atomic E-state index is -8.84. The predicted octanol–water partition coefficient (Wildman–Crippen LogP) is 10.2. The Labute approximate surface area is 260 Å². The predicted molar refractivity (Wildman–Crippen MR) is 121 cm³/mol. The van der Waals surface area contributed by atoms with Gasteiger partial charge in [0.15, 0.2) is 0 Å². The Bertz CT molecular complexity index is 1380. The van der Waals surface area contributed by atoms with E-state index in [0.717, 1.165) is 25.7 Å². The van der Waals surface area contributed by atoms with Crippen molar-refractivity contribution in [2.24, 2.45) is 0 Å². The number of nitrogens with zero attached hydrogens (tertiary/aromatic N) is 3. The van der Waals surface area contributed by atoms with Gasteiger partial charge in [0.1, 0.15) is 5.69 Å². The highest BCUT2D eigenvalue weighted by molar-refractivity contribution is 5.37. The fraction of sp³-hybridized carbons (Fsp3) is 0.667. The maximum absolute atomic E-state index is 15.8. The van der Waals surface area contributed by atoms with Crippen molar-refractivity contribution in [1.29, 1.82) is 0 Å². The summed E-state index contributed by atoms with van der Waals surface area (Å²) < 4.78 is 280. The van der Waals surface area contributed by atoms with Crippen LogP contribution in [0, 0.1) is 0 Å². The summed E-state index contributed by atoms with van der Waals surface area (Å²) >= 11 is 0. The number of aromatic nitrogens is 2. The van der Waals surface area contributed by atoms with Crippen LogP contribution in [-0.4, -0.2) is 63.8 Å². The van der Waals surface area contributed by atoms with Crippen molar-refractivity contribution in [3.63, 3.8) is 0 Å². The lowest BCUT2D eigenvalue weighted by molar-refractivity contribution is -0.501. The second-order valence-electron chi connectivity index (χ2n) is 10.0. The molecule has 282 valence electrons. The molecule has 25 heteroatoms. The molecular weight excluding hydrogens is 742 g/mol. The fourth-order valence-corrected chi connectivity index (χ4v) is 3.72. The van der Waals surface area contributed by atoms with Crippen LogP contribution in [0.2, 0.25) is 0 Å². The highest BCUT2D eigenvalue weighted by Gasteiger charge is 2.94. The first-order chi connectivity index (χ1) is 22.0. The zero-order chi connectivity index (χ0) is 38.2. The van der Waals surface area contributed by atoms with Gasteiger partial charge in [-0.2, -0.15) is 84.5 Å². The Morgan fingerprint density at radius 2 is 1.12 bits per heavy atom. The van der Waals surface area contributed by atoms with Gasteiger partial charge in [-0.05, 0) is 12.5 Å². The summed E-state index contributed by atoms with van der Waals surface area (Å²) in [7, 11) is 0. The SMILES string of the molecule is CCCCCCCCOc1ccc(C2(F)C(F)=C(F)C(F)=C(F)N2OC(F)(F)C(F)(F)C(F)(F)C(F)(F)C(F)(F)C(F)(F)C(F)(F)F)nn1. The molecule has 1 atom stereocenters. The largest absolute Gasteiger partial charge is 0.477 e. The molecule has 2 heterocycles. The van der Waals surface area contributed by atoms with E-state index in [2.05, 4.69) is 15.0 Å². The molecule has 1 aromatic heterocycles. The number of hydrogen-bond acceptors (Lipinski definition) is 5. The molecule has 1 unspecified atom stereocenters. The Morgan fingerprint density at radius 3 is 1.61 bits per heavy atom.